The van der Waals surface area contributed by atoms with Crippen molar-refractivity contribution < 1.29 is 19.3 Å². The summed E-state index contributed by atoms with van der Waals surface area (Å²) in [7, 11) is 4.73. The van der Waals surface area contributed by atoms with Gasteiger partial charge in [-0.05, 0) is 24.3 Å². The highest BCUT2D eigenvalue weighted by Gasteiger charge is 2.33. The number of aromatic nitrogens is 2. The minimum absolute atomic E-state index is 0.0564. The van der Waals surface area contributed by atoms with Crippen LogP contribution in [0.1, 0.15) is 5.82 Å². The van der Waals surface area contributed by atoms with Crippen LogP contribution in [0.5, 0.6) is 17.2 Å². The predicted octanol–water partition coefficient (Wildman–Crippen LogP) is 3.36. The first kappa shape index (κ1) is 17.7. The second-order valence-electron chi connectivity index (χ2n) is 6.26. The highest BCUT2D eigenvalue weighted by atomic mass is 16.5. The van der Waals surface area contributed by atoms with Gasteiger partial charge in [-0.2, -0.15) is 0 Å². The number of hydrogen-bond acceptors (Lipinski definition) is 6. The van der Waals surface area contributed by atoms with Crippen LogP contribution in [-0.2, 0) is 0 Å². The normalized spacial score (nSPS) is 14.1. The van der Waals surface area contributed by atoms with Gasteiger partial charge in [0.05, 0.1) is 50.2 Å². The van der Waals surface area contributed by atoms with Crippen LogP contribution in [-0.4, -0.2) is 48.8 Å². The fourth-order valence-electron chi connectivity index (χ4n) is 3.28. The molecule has 0 saturated heterocycles. The zero-order valence-electron chi connectivity index (χ0n) is 15.7. The van der Waals surface area contributed by atoms with E-state index in [0.717, 1.165) is 11.0 Å². The number of hydrogen-bond donors (Lipinski definition) is 3. The average Bonchev–Trinajstić information content (AvgIpc) is 3.26. The van der Waals surface area contributed by atoms with E-state index in [1.54, 1.807) is 44.4 Å². The van der Waals surface area contributed by atoms with Crippen molar-refractivity contribution in [3.8, 4) is 17.2 Å². The lowest BCUT2D eigenvalue weighted by molar-refractivity contribution is 0.400. The molecule has 4 rings (SSSR count). The van der Waals surface area contributed by atoms with E-state index in [-0.39, 0.29) is 18.1 Å². The van der Waals surface area contributed by atoms with Crippen molar-refractivity contribution in [2.24, 2.45) is 0 Å². The van der Waals surface area contributed by atoms with E-state index >= 15 is 0 Å². The van der Waals surface area contributed by atoms with Gasteiger partial charge >= 0.3 is 0 Å². The smallest absolute Gasteiger partial charge is 0.145 e. The monoisotopic (exact) mass is 380 g/mol. The van der Waals surface area contributed by atoms with Crippen molar-refractivity contribution in [3.63, 3.8) is 0 Å². The van der Waals surface area contributed by atoms with E-state index in [2.05, 4.69) is 9.97 Å². The summed E-state index contributed by atoms with van der Waals surface area (Å²) >= 11 is 0. The van der Waals surface area contributed by atoms with Crippen LogP contribution >= 0.6 is 0 Å². The Labute approximate surface area is 161 Å². The van der Waals surface area contributed by atoms with Crippen molar-refractivity contribution in [3.05, 3.63) is 48.0 Å². The molecule has 1 aliphatic rings. The van der Waals surface area contributed by atoms with E-state index < -0.39 is 0 Å². The molecule has 0 atom stereocenters. The first-order valence-electron chi connectivity index (χ1n) is 8.60. The molecule has 8 nitrogen and oxygen atoms in total. The van der Waals surface area contributed by atoms with Gasteiger partial charge in [-0.3, -0.25) is 5.41 Å². The zero-order valence-corrected chi connectivity index (χ0v) is 15.7. The minimum Gasteiger partial charge on any atom is -0.509 e. The third kappa shape index (κ3) is 2.79. The standard InChI is InChI=1S/C20H20N4O4/c1-26-11-4-6-13-14(8-11)23-20(22-13)18-16(25)10-24(19(18)21)15-9-12(27-2)5-7-17(15)28-3/h4-9,21,25H,10H2,1-3H3,(H,22,23). The van der Waals surface area contributed by atoms with Crippen LogP contribution in [0.3, 0.4) is 0 Å². The molecule has 0 fully saturated rings. The highest BCUT2D eigenvalue weighted by Crippen LogP contribution is 2.38. The number of fused-ring (bicyclic) bond motifs is 1. The molecule has 0 amide bonds. The van der Waals surface area contributed by atoms with Gasteiger partial charge in [-0.15, -0.1) is 0 Å². The number of aliphatic hydroxyl groups excluding tert-OH is 1. The SMILES string of the molecule is COc1ccc(OC)c(N2CC(O)=C(c3nc4ccc(OC)cc4[nH]3)C2=N)c1. The first-order valence-corrected chi connectivity index (χ1v) is 8.60. The molecule has 1 aliphatic heterocycles. The summed E-state index contributed by atoms with van der Waals surface area (Å²) in [5, 5.41) is 19.2. The number of aliphatic hydroxyl groups is 1. The summed E-state index contributed by atoms with van der Waals surface area (Å²) in [4.78, 5) is 9.34. The molecule has 0 bridgehead atoms. The maximum Gasteiger partial charge on any atom is 0.145 e. The van der Waals surface area contributed by atoms with Crippen molar-refractivity contribution in [2.45, 2.75) is 0 Å². The topological polar surface area (TPSA) is 104 Å². The number of ether oxygens (including phenoxy) is 3. The number of rotatable bonds is 5. The molecule has 2 aromatic carbocycles. The van der Waals surface area contributed by atoms with Gasteiger partial charge < -0.3 is 29.2 Å². The lowest BCUT2D eigenvalue weighted by atomic mass is 10.2. The number of imidazole rings is 1. The maximum atomic E-state index is 10.6. The van der Waals surface area contributed by atoms with E-state index in [0.29, 0.717) is 34.3 Å². The Morgan fingerprint density at radius 2 is 1.75 bits per heavy atom. The van der Waals surface area contributed by atoms with Gasteiger partial charge in [0, 0.05) is 12.1 Å². The third-order valence-corrected chi connectivity index (χ3v) is 4.71. The quantitative estimate of drug-likeness (QED) is 0.627. The number of H-pyrrole nitrogens is 1. The highest BCUT2D eigenvalue weighted by molar-refractivity contribution is 6.30. The van der Waals surface area contributed by atoms with E-state index in [1.807, 2.05) is 18.2 Å². The number of aromatic amines is 1. The first-order chi connectivity index (χ1) is 13.5. The molecule has 0 aliphatic carbocycles. The molecular weight excluding hydrogens is 360 g/mol. The Kier molecular flexibility index (Phi) is 4.31. The fraction of sp³-hybridized carbons (Fsp3) is 0.200. The number of methoxy groups -OCH3 is 3. The summed E-state index contributed by atoms with van der Waals surface area (Å²) < 4.78 is 16.0. The molecule has 144 valence electrons. The second-order valence-corrected chi connectivity index (χ2v) is 6.26. The molecule has 0 unspecified atom stereocenters. The number of benzene rings is 2. The molecule has 0 radical (unpaired) electrons. The molecular formula is C20H20N4O4. The van der Waals surface area contributed by atoms with Crippen molar-refractivity contribution in [1.29, 1.82) is 5.41 Å². The van der Waals surface area contributed by atoms with Gasteiger partial charge in [-0.25, -0.2) is 4.98 Å². The van der Waals surface area contributed by atoms with Crippen molar-refractivity contribution in [1.82, 2.24) is 9.97 Å². The Balaban J connectivity index is 1.73. The molecule has 3 N–H and O–H groups in total. The lowest BCUT2D eigenvalue weighted by Gasteiger charge is -2.21. The van der Waals surface area contributed by atoms with E-state index in [9.17, 15) is 5.11 Å². The number of nitrogens with zero attached hydrogens (tertiary/aromatic N) is 2. The Morgan fingerprint density at radius 1 is 1.04 bits per heavy atom. The molecule has 0 saturated carbocycles. The van der Waals surface area contributed by atoms with Gasteiger partial charge in [0.2, 0.25) is 0 Å². The Bertz CT molecular complexity index is 1100. The molecule has 2 heterocycles. The van der Waals surface area contributed by atoms with Gasteiger partial charge in [0.25, 0.3) is 0 Å². The van der Waals surface area contributed by atoms with Crippen LogP contribution in [0, 0.1) is 5.41 Å². The molecule has 8 heteroatoms. The fourth-order valence-corrected chi connectivity index (χ4v) is 3.28. The second kappa shape index (κ2) is 6.80. The van der Waals surface area contributed by atoms with Crippen LogP contribution in [0.2, 0.25) is 0 Å². The maximum absolute atomic E-state index is 10.6. The van der Waals surface area contributed by atoms with Crippen LogP contribution < -0.4 is 19.1 Å². The van der Waals surface area contributed by atoms with Crippen LogP contribution in [0.4, 0.5) is 5.69 Å². The lowest BCUT2D eigenvalue weighted by Crippen LogP contribution is -2.26. The summed E-state index contributed by atoms with van der Waals surface area (Å²) in [6.45, 7) is 0.137. The van der Waals surface area contributed by atoms with Gasteiger partial charge in [0.15, 0.2) is 0 Å². The number of nitrogens with one attached hydrogen (secondary N) is 2. The summed E-state index contributed by atoms with van der Waals surface area (Å²) in [6.07, 6.45) is 0. The number of amidine groups is 1. The Hall–Kier alpha value is -3.68. The summed E-state index contributed by atoms with van der Waals surface area (Å²) in [5.74, 6) is 2.51. The zero-order chi connectivity index (χ0) is 19.8. The van der Waals surface area contributed by atoms with E-state index in [4.69, 9.17) is 19.6 Å². The van der Waals surface area contributed by atoms with Gasteiger partial charge in [0.1, 0.15) is 34.7 Å². The Morgan fingerprint density at radius 3 is 2.46 bits per heavy atom. The number of anilines is 1. The minimum atomic E-state index is 0.0564. The van der Waals surface area contributed by atoms with Crippen molar-refractivity contribution >= 4 is 28.1 Å². The summed E-state index contributed by atoms with van der Waals surface area (Å²) in [6, 6.07) is 10.8. The van der Waals surface area contributed by atoms with Crippen molar-refractivity contribution in [2.75, 3.05) is 32.8 Å². The average molecular weight is 380 g/mol. The van der Waals surface area contributed by atoms with Gasteiger partial charge in [-0.1, -0.05) is 0 Å². The molecule has 0 spiro atoms. The predicted molar refractivity (Wildman–Crippen MR) is 107 cm³/mol. The van der Waals surface area contributed by atoms with E-state index in [1.165, 1.54) is 0 Å². The molecule has 1 aromatic heterocycles. The molecule has 28 heavy (non-hydrogen) atoms. The largest absolute Gasteiger partial charge is 0.509 e. The van der Waals surface area contributed by atoms with Crippen LogP contribution in [0.25, 0.3) is 16.6 Å². The molecule has 3 aromatic rings. The summed E-state index contributed by atoms with van der Waals surface area (Å²) in [5.41, 5.74) is 2.47. The van der Waals surface area contributed by atoms with Crippen LogP contribution in [0.15, 0.2) is 42.2 Å². The third-order valence-electron chi connectivity index (χ3n) is 4.71.